The minimum Gasteiger partial charge on any atom is -0.376 e. The van der Waals surface area contributed by atoms with Crippen molar-refractivity contribution >= 4 is 38.6 Å². The van der Waals surface area contributed by atoms with E-state index in [1.807, 2.05) is 32.6 Å². The lowest BCUT2D eigenvalue weighted by Gasteiger charge is -2.21. The van der Waals surface area contributed by atoms with Gasteiger partial charge in [-0.15, -0.1) is 11.3 Å². The van der Waals surface area contributed by atoms with Crippen molar-refractivity contribution in [1.29, 1.82) is 0 Å². The highest BCUT2D eigenvalue weighted by molar-refractivity contribution is 9.10. The van der Waals surface area contributed by atoms with Crippen molar-refractivity contribution < 1.29 is 0 Å². The minimum absolute atomic E-state index is 0.252. The molecule has 0 spiro atoms. The number of nitrogens with one attached hydrogen (secondary N) is 1. The maximum Gasteiger partial charge on any atom is 0.0769 e. The summed E-state index contributed by atoms with van der Waals surface area (Å²) in [5.74, 6) is 0. The first-order valence-corrected chi connectivity index (χ1v) is 7.37. The molecule has 2 rings (SSSR count). The molecule has 3 nitrogen and oxygen atoms in total. The van der Waals surface area contributed by atoms with E-state index in [9.17, 15) is 0 Å². The van der Waals surface area contributed by atoms with E-state index in [0.717, 1.165) is 15.8 Å². The molecular formula is C13H16BrN3S. The molecule has 0 amide bonds. The molecule has 5 heteroatoms. The van der Waals surface area contributed by atoms with Gasteiger partial charge < -0.3 is 10.2 Å². The summed E-state index contributed by atoms with van der Waals surface area (Å²) in [5.41, 5.74) is 2.19. The van der Waals surface area contributed by atoms with Crippen LogP contribution in [0.1, 0.15) is 17.8 Å². The zero-order chi connectivity index (χ0) is 13.1. The molecule has 2 aromatic rings. The van der Waals surface area contributed by atoms with Crippen LogP contribution < -0.4 is 10.2 Å². The first kappa shape index (κ1) is 13.4. The molecule has 0 aliphatic heterocycles. The van der Waals surface area contributed by atoms with Gasteiger partial charge in [0.1, 0.15) is 0 Å². The van der Waals surface area contributed by atoms with E-state index in [4.69, 9.17) is 0 Å². The Morgan fingerprint density at radius 2 is 2.17 bits per heavy atom. The van der Waals surface area contributed by atoms with Crippen molar-refractivity contribution in [2.75, 3.05) is 24.3 Å². The Morgan fingerprint density at radius 1 is 1.39 bits per heavy atom. The molecule has 0 aliphatic rings. The van der Waals surface area contributed by atoms with Gasteiger partial charge in [0.15, 0.2) is 0 Å². The van der Waals surface area contributed by atoms with Gasteiger partial charge in [-0.05, 0) is 40.4 Å². The SMILES string of the molecule is CC(Nc1cnccc1N(C)C)c1sccc1Br. The third-order valence-electron chi connectivity index (χ3n) is 2.69. The van der Waals surface area contributed by atoms with Gasteiger partial charge in [0.05, 0.1) is 23.6 Å². The number of hydrogen-bond donors (Lipinski definition) is 1. The number of nitrogens with zero attached hydrogens (tertiary/aromatic N) is 2. The van der Waals surface area contributed by atoms with Gasteiger partial charge in [0.2, 0.25) is 0 Å². The normalized spacial score (nSPS) is 12.2. The maximum absolute atomic E-state index is 4.19. The molecular weight excluding hydrogens is 310 g/mol. The van der Waals surface area contributed by atoms with E-state index < -0.39 is 0 Å². The summed E-state index contributed by atoms with van der Waals surface area (Å²) >= 11 is 5.32. The topological polar surface area (TPSA) is 28.2 Å². The van der Waals surface area contributed by atoms with Crippen molar-refractivity contribution in [1.82, 2.24) is 4.98 Å². The van der Waals surface area contributed by atoms with E-state index in [-0.39, 0.29) is 6.04 Å². The molecule has 0 fully saturated rings. The monoisotopic (exact) mass is 325 g/mol. The molecule has 0 aliphatic carbocycles. The lowest BCUT2D eigenvalue weighted by Crippen LogP contribution is -2.14. The molecule has 1 N–H and O–H groups in total. The maximum atomic E-state index is 4.19. The van der Waals surface area contributed by atoms with Gasteiger partial charge in [-0.25, -0.2) is 0 Å². The highest BCUT2D eigenvalue weighted by Crippen LogP contribution is 2.33. The van der Waals surface area contributed by atoms with Gasteiger partial charge >= 0.3 is 0 Å². The summed E-state index contributed by atoms with van der Waals surface area (Å²) in [5, 5.41) is 5.60. The zero-order valence-corrected chi connectivity index (χ0v) is 13.0. The van der Waals surface area contributed by atoms with Crippen molar-refractivity contribution in [3.8, 4) is 0 Å². The average Bonchev–Trinajstić information content (AvgIpc) is 2.76. The van der Waals surface area contributed by atoms with Crippen molar-refractivity contribution in [2.45, 2.75) is 13.0 Å². The summed E-state index contributed by atoms with van der Waals surface area (Å²) in [6, 6.07) is 4.34. The summed E-state index contributed by atoms with van der Waals surface area (Å²) in [6.45, 7) is 2.16. The van der Waals surface area contributed by atoms with Crippen LogP contribution in [0.25, 0.3) is 0 Å². The van der Waals surface area contributed by atoms with Crippen molar-refractivity contribution in [3.05, 3.63) is 39.3 Å². The number of halogens is 1. The Kier molecular flexibility index (Phi) is 4.24. The lowest BCUT2D eigenvalue weighted by molar-refractivity contribution is 0.898. The molecule has 0 aromatic carbocycles. The third kappa shape index (κ3) is 2.84. The number of pyridine rings is 1. The van der Waals surface area contributed by atoms with E-state index >= 15 is 0 Å². The van der Waals surface area contributed by atoms with Gasteiger partial charge in [0.25, 0.3) is 0 Å². The molecule has 96 valence electrons. The molecule has 1 atom stereocenters. The Bertz CT molecular complexity index is 524. The van der Waals surface area contributed by atoms with Crippen LogP contribution in [0.15, 0.2) is 34.4 Å². The fourth-order valence-corrected chi connectivity index (χ4v) is 3.53. The molecule has 2 aromatic heterocycles. The van der Waals surface area contributed by atoms with Crippen LogP contribution in [-0.4, -0.2) is 19.1 Å². The number of anilines is 2. The standard InChI is InChI=1S/C13H16BrN3S/c1-9(13-10(14)5-7-18-13)16-11-8-15-6-4-12(11)17(2)3/h4-9,16H,1-3H3. The quantitative estimate of drug-likeness (QED) is 0.915. The van der Waals surface area contributed by atoms with Gasteiger partial charge in [-0.2, -0.15) is 0 Å². The van der Waals surface area contributed by atoms with E-state index in [0.29, 0.717) is 0 Å². The van der Waals surface area contributed by atoms with Crippen LogP contribution in [0, 0.1) is 0 Å². The van der Waals surface area contributed by atoms with E-state index in [1.54, 1.807) is 11.3 Å². The van der Waals surface area contributed by atoms with Crippen LogP contribution >= 0.6 is 27.3 Å². The second kappa shape index (κ2) is 5.71. The second-order valence-electron chi connectivity index (χ2n) is 4.29. The number of rotatable bonds is 4. The molecule has 1 unspecified atom stereocenters. The lowest BCUT2D eigenvalue weighted by atomic mass is 10.2. The van der Waals surface area contributed by atoms with Crippen LogP contribution in [0.5, 0.6) is 0 Å². The molecule has 0 radical (unpaired) electrons. The van der Waals surface area contributed by atoms with E-state index in [2.05, 4.69) is 49.5 Å². The average molecular weight is 326 g/mol. The van der Waals surface area contributed by atoms with Crippen LogP contribution in [-0.2, 0) is 0 Å². The fourth-order valence-electron chi connectivity index (χ4n) is 1.80. The van der Waals surface area contributed by atoms with Crippen LogP contribution in [0.4, 0.5) is 11.4 Å². The zero-order valence-electron chi connectivity index (χ0n) is 10.6. The van der Waals surface area contributed by atoms with Crippen molar-refractivity contribution in [2.24, 2.45) is 0 Å². The highest BCUT2D eigenvalue weighted by atomic mass is 79.9. The summed E-state index contributed by atoms with van der Waals surface area (Å²) in [6.07, 6.45) is 3.68. The predicted molar refractivity (Wildman–Crippen MR) is 82.6 cm³/mol. The predicted octanol–water partition coefficient (Wildman–Crippen LogP) is 4.14. The van der Waals surface area contributed by atoms with Crippen LogP contribution in [0.3, 0.4) is 0 Å². The number of aromatic nitrogens is 1. The van der Waals surface area contributed by atoms with Crippen molar-refractivity contribution in [3.63, 3.8) is 0 Å². The summed E-state index contributed by atoms with van der Waals surface area (Å²) < 4.78 is 1.16. The molecule has 0 saturated carbocycles. The van der Waals surface area contributed by atoms with E-state index in [1.165, 1.54) is 4.88 Å². The highest BCUT2D eigenvalue weighted by Gasteiger charge is 2.13. The van der Waals surface area contributed by atoms with Gasteiger partial charge in [0, 0.05) is 29.6 Å². The smallest absolute Gasteiger partial charge is 0.0769 e. The van der Waals surface area contributed by atoms with Crippen LogP contribution in [0.2, 0.25) is 0 Å². The first-order chi connectivity index (χ1) is 8.59. The van der Waals surface area contributed by atoms with Gasteiger partial charge in [-0.3, -0.25) is 4.98 Å². The molecule has 0 bridgehead atoms. The molecule has 2 heterocycles. The number of thiophene rings is 1. The third-order valence-corrected chi connectivity index (χ3v) is 4.74. The summed E-state index contributed by atoms with van der Waals surface area (Å²) in [7, 11) is 4.07. The number of hydrogen-bond acceptors (Lipinski definition) is 4. The van der Waals surface area contributed by atoms with Gasteiger partial charge in [-0.1, -0.05) is 0 Å². The summed E-state index contributed by atoms with van der Waals surface area (Å²) in [4.78, 5) is 7.57. The Morgan fingerprint density at radius 3 is 2.78 bits per heavy atom. The Hall–Kier alpha value is -1.07. The molecule has 0 saturated heterocycles. The fraction of sp³-hybridized carbons (Fsp3) is 0.308. The Balaban J connectivity index is 2.22. The minimum atomic E-state index is 0.252. The Labute approximate surface area is 120 Å². The molecule has 18 heavy (non-hydrogen) atoms. The first-order valence-electron chi connectivity index (χ1n) is 5.70. The largest absolute Gasteiger partial charge is 0.376 e. The second-order valence-corrected chi connectivity index (χ2v) is 6.09.